The standard InChI is InChI=1S/C22H24N2O2S/c1-16-10-11-18(14-17(16)2)27(25,26)21-15-23-20-9-5-4-8-19(20)22(21)24-12-6-3-7-13-24/h4-5,8-11,14-15H,3,6-7,12-13H2,1-2H3. The molecule has 4 rings (SSSR count). The highest BCUT2D eigenvalue weighted by molar-refractivity contribution is 7.91. The first-order chi connectivity index (χ1) is 13.0. The molecule has 0 aliphatic carbocycles. The molecular formula is C22H24N2O2S. The van der Waals surface area contributed by atoms with Crippen LogP contribution in [0.1, 0.15) is 30.4 Å². The lowest BCUT2D eigenvalue weighted by Crippen LogP contribution is -2.31. The molecule has 27 heavy (non-hydrogen) atoms. The second-order valence-corrected chi connectivity index (χ2v) is 9.20. The molecule has 1 fully saturated rings. The number of fused-ring (bicyclic) bond motifs is 1. The number of nitrogens with zero attached hydrogens (tertiary/aromatic N) is 2. The van der Waals surface area contributed by atoms with E-state index >= 15 is 0 Å². The molecule has 2 aromatic carbocycles. The maximum atomic E-state index is 13.5. The predicted molar refractivity (Wildman–Crippen MR) is 109 cm³/mol. The van der Waals surface area contributed by atoms with E-state index in [0.29, 0.717) is 9.79 Å². The number of para-hydroxylation sites is 1. The first-order valence-corrected chi connectivity index (χ1v) is 10.9. The summed E-state index contributed by atoms with van der Waals surface area (Å²) in [6, 6.07) is 13.1. The average molecular weight is 381 g/mol. The number of sulfone groups is 1. The number of hydrogen-bond donors (Lipinski definition) is 0. The van der Waals surface area contributed by atoms with Crippen molar-refractivity contribution in [3.05, 3.63) is 59.8 Å². The molecule has 0 unspecified atom stereocenters. The largest absolute Gasteiger partial charge is 0.370 e. The van der Waals surface area contributed by atoms with Crippen LogP contribution in [0, 0.1) is 13.8 Å². The third-order valence-corrected chi connectivity index (χ3v) is 7.22. The van der Waals surface area contributed by atoms with E-state index in [1.54, 1.807) is 12.1 Å². The monoisotopic (exact) mass is 380 g/mol. The lowest BCUT2D eigenvalue weighted by atomic mass is 10.1. The van der Waals surface area contributed by atoms with Gasteiger partial charge in [-0.3, -0.25) is 4.98 Å². The summed E-state index contributed by atoms with van der Waals surface area (Å²) in [6.07, 6.45) is 4.90. The molecule has 0 radical (unpaired) electrons. The van der Waals surface area contributed by atoms with E-state index in [0.717, 1.165) is 53.6 Å². The van der Waals surface area contributed by atoms with E-state index < -0.39 is 9.84 Å². The number of aromatic nitrogens is 1. The smallest absolute Gasteiger partial charge is 0.210 e. The van der Waals surface area contributed by atoms with Crippen LogP contribution in [0.5, 0.6) is 0 Å². The van der Waals surface area contributed by atoms with E-state index in [1.807, 2.05) is 44.2 Å². The molecule has 5 heteroatoms. The van der Waals surface area contributed by atoms with Gasteiger partial charge in [-0.25, -0.2) is 8.42 Å². The maximum absolute atomic E-state index is 13.5. The van der Waals surface area contributed by atoms with Crippen LogP contribution in [0.3, 0.4) is 0 Å². The minimum Gasteiger partial charge on any atom is -0.370 e. The number of piperidine rings is 1. The van der Waals surface area contributed by atoms with Crippen molar-refractivity contribution < 1.29 is 8.42 Å². The van der Waals surface area contributed by atoms with Gasteiger partial charge in [0.2, 0.25) is 9.84 Å². The van der Waals surface area contributed by atoms with Gasteiger partial charge in [0.25, 0.3) is 0 Å². The first kappa shape index (κ1) is 18.0. The summed E-state index contributed by atoms with van der Waals surface area (Å²) in [7, 11) is -3.65. The van der Waals surface area contributed by atoms with E-state index in [4.69, 9.17) is 0 Å². The molecule has 2 heterocycles. The molecule has 1 saturated heterocycles. The second-order valence-electron chi connectivity index (χ2n) is 7.29. The Kier molecular flexibility index (Phi) is 4.64. The molecule has 1 aliphatic rings. The zero-order valence-electron chi connectivity index (χ0n) is 15.8. The Labute approximate surface area is 160 Å². The maximum Gasteiger partial charge on any atom is 0.210 e. The average Bonchev–Trinajstić information content (AvgIpc) is 2.69. The third-order valence-electron chi connectivity index (χ3n) is 5.46. The minimum absolute atomic E-state index is 0.311. The molecule has 0 atom stereocenters. The molecule has 0 bridgehead atoms. The number of anilines is 1. The van der Waals surface area contributed by atoms with Gasteiger partial charge in [-0.05, 0) is 62.4 Å². The van der Waals surface area contributed by atoms with Crippen LogP contribution in [0.15, 0.2) is 58.5 Å². The highest BCUT2D eigenvalue weighted by Gasteiger charge is 2.27. The van der Waals surface area contributed by atoms with Crippen LogP contribution >= 0.6 is 0 Å². The lowest BCUT2D eigenvalue weighted by Gasteiger charge is -2.31. The number of rotatable bonds is 3. The summed E-state index contributed by atoms with van der Waals surface area (Å²) in [4.78, 5) is 7.33. The molecule has 0 saturated carbocycles. The Morgan fingerprint density at radius 3 is 2.41 bits per heavy atom. The third kappa shape index (κ3) is 3.21. The minimum atomic E-state index is -3.65. The van der Waals surface area contributed by atoms with Crippen LogP contribution < -0.4 is 4.90 Å². The normalized spacial score (nSPS) is 15.3. The number of pyridine rings is 1. The molecule has 1 aliphatic heterocycles. The van der Waals surface area contributed by atoms with Crippen LogP contribution in [0.25, 0.3) is 10.9 Å². The quantitative estimate of drug-likeness (QED) is 0.662. The van der Waals surface area contributed by atoms with Crippen molar-refractivity contribution in [1.29, 1.82) is 0 Å². The van der Waals surface area contributed by atoms with Gasteiger partial charge in [0.1, 0.15) is 4.90 Å². The molecule has 0 amide bonds. The lowest BCUT2D eigenvalue weighted by molar-refractivity contribution is 0.571. The Morgan fingerprint density at radius 1 is 0.926 bits per heavy atom. The first-order valence-electron chi connectivity index (χ1n) is 9.43. The Hall–Kier alpha value is -2.40. The van der Waals surface area contributed by atoms with Gasteiger partial charge in [-0.1, -0.05) is 24.3 Å². The second kappa shape index (κ2) is 6.97. The van der Waals surface area contributed by atoms with Crippen LogP contribution in [0.2, 0.25) is 0 Å². The predicted octanol–water partition coefficient (Wildman–Crippen LogP) is 4.67. The Balaban J connectivity index is 1.96. The molecule has 4 nitrogen and oxygen atoms in total. The fourth-order valence-electron chi connectivity index (χ4n) is 3.76. The highest BCUT2D eigenvalue weighted by Crippen LogP contribution is 2.37. The summed E-state index contributed by atoms with van der Waals surface area (Å²) < 4.78 is 27.1. The number of aryl methyl sites for hydroxylation is 2. The van der Waals surface area contributed by atoms with Crippen molar-refractivity contribution in [1.82, 2.24) is 4.98 Å². The van der Waals surface area contributed by atoms with Gasteiger partial charge in [0, 0.05) is 24.7 Å². The van der Waals surface area contributed by atoms with Crippen LogP contribution in [0.4, 0.5) is 5.69 Å². The van der Waals surface area contributed by atoms with Crippen molar-refractivity contribution in [2.45, 2.75) is 42.9 Å². The van der Waals surface area contributed by atoms with E-state index in [1.165, 1.54) is 12.6 Å². The van der Waals surface area contributed by atoms with Gasteiger partial charge in [0.15, 0.2) is 0 Å². The summed E-state index contributed by atoms with van der Waals surface area (Å²) in [5, 5.41) is 0.907. The molecular weight excluding hydrogens is 356 g/mol. The zero-order valence-corrected chi connectivity index (χ0v) is 16.6. The van der Waals surface area contributed by atoms with E-state index in [2.05, 4.69) is 9.88 Å². The van der Waals surface area contributed by atoms with Gasteiger partial charge < -0.3 is 4.90 Å². The van der Waals surface area contributed by atoms with Gasteiger partial charge >= 0.3 is 0 Å². The number of hydrogen-bond acceptors (Lipinski definition) is 4. The van der Waals surface area contributed by atoms with Gasteiger partial charge in [-0.2, -0.15) is 0 Å². The van der Waals surface area contributed by atoms with Crippen LogP contribution in [-0.2, 0) is 9.84 Å². The van der Waals surface area contributed by atoms with Crippen molar-refractivity contribution in [3.8, 4) is 0 Å². The fourth-order valence-corrected chi connectivity index (χ4v) is 5.28. The van der Waals surface area contributed by atoms with Crippen molar-refractivity contribution in [2.24, 2.45) is 0 Å². The Bertz CT molecular complexity index is 1100. The SMILES string of the molecule is Cc1ccc(S(=O)(=O)c2cnc3ccccc3c2N2CCCCC2)cc1C. The van der Waals surface area contributed by atoms with Crippen molar-refractivity contribution >= 4 is 26.4 Å². The fraction of sp³-hybridized carbons (Fsp3) is 0.318. The van der Waals surface area contributed by atoms with Crippen LogP contribution in [-0.4, -0.2) is 26.5 Å². The van der Waals surface area contributed by atoms with Gasteiger partial charge in [-0.15, -0.1) is 0 Å². The summed E-state index contributed by atoms with van der Waals surface area (Å²) in [6.45, 7) is 5.69. The molecule has 0 spiro atoms. The van der Waals surface area contributed by atoms with E-state index in [-0.39, 0.29) is 0 Å². The van der Waals surface area contributed by atoms with Crippen molar-refractivity contribution in [3.63, 3.8) is 0 Å². The molecule has 0 N–H and O–H groups in total. The highest BCUT2D eigenvalue weighted by atomic mass is 32.2. The molecule has 3 aromatic rings. The van der Waals surface area contributed by atoms with E-state index in [9.17, 15) is 8.42 Å². The Morgan fingerprint density at radius 2 is 1.67 bits per heavy atom. The molecule has 1 aromatic heterocycles. The molecule has 140 valence electrons. The topological polar surface area (TPSA) is 50.3 Å². The zero-order chi connectivity index (χ0) is 19.0. The summed E-state index contributed by atoms with van der Waals surface area (Å²) >= 11 is 0. The van der Waals surface area contributed by atoms with Crippen molar-refractivity contribution in [2.75, 3.05) is 18.0 Å². The summed E-state index contributed by atoms with van der Waals surface area (Å²) in [5.41, 5.74) is 3.70. The summed E-state index contributed by atoms with van der Waals surface area (Å²) in [5.74, 6) is 0. The number of benzene rings is 2. The van der Waals surface area contributed by atoms with Gasteiger partial charge in [0.05, 0.1) is 16.1 Å².